The number of likely N-dealkylation sites (tertiary alicyclic amines) is 1. The second kappa shape index (κ2) is 8.55. The Morgan fingerprint density at radius 2 is 1.87 bits per heavy atom. The zero-order chi connectivity index (χ0) is 21.4. The number of hydrogen-bond donors (Lipinski definition) is 1. The fourth-order valence-corrected chi connectivity index (χ4v) is 4.95. The van der Waals surface area contributed by atoms with Gasteiger partial charge in [0.2, 0.25) is 0 Å². The first-order chi connectivity index (χ1) is 15.1. The molecule has 2 aromatic carbocycles. The molecule has 4 atom stereocenters. The minimum absolute atomic E-state index is 0.00549. The summed E-state index contributed by atoms with van der Waals surface area (Å²) in [6.07, 6.45) is 0.837. The van der Waals surface area contributed by atoms with E-state index in [9.17, 15) is 8.78 Å². The van der Waals surface area contributed by atoms with Crippen molar-refractivity contribution in [1.29, 1.82) is 0 Å². The third-order valence-corrected chi connectivity index (χ3v) is 6.63. The third kappa shape index (κ3) is 4.16. The van der Waals surface area contributed by atoms with Gasteiger partial charge in [0.25, 0.3) is 0 Å². The van der Waals surface area contributed by atoms with Gasteiger partial charge in [-0.3, -0.25) is 9.89 Å². The van der Waals surface area contributed by atoms with E-state index in [1.54, 1.807) is 7.05 Å². The number of halogens is 2. The Bertz CT molecular complexity index is 934. The van der Waals surface area contributed by atoms with E-state index in [1.165, 1.54) is 23.8 Å². The highest BCUT2D eigenvalue weighted by Gasteiger charge is 2.45. The Hall–Kier alpha value is -2.51. The highest BCUT2D eigenvalue weighted by Crippen LogP contribution is 2.43. The lowest BCUT2D eigenvalue weighted by atomic mass is 10.1. The first-order valence-corrected chi connectivity index (χ1v) is 11.0. The van der Waals surface area contributed by atoms with Crippen LogP contribution >= 0.6 is 0 Å². The number of nitrogens with one attached hydrogen (secondary N) is 1. The summed E-state index contributed by atoms with van der Waals surface area (Å²) in [7, 11) is 1.76. The average molecular weight is 427 g/mol. The van der Waals surface area contributed by atoms with Crippen LogP contribution in [-0.4, -0.2) is 67.2 Å². The van der Waals surface area contributed by atoms with E-state index in [4.69, 9.17) is 4.74 Å². The molecule has 31 heavy (non-hydrogen) atoms. The van der Waals surface area contributed by atoms with Gasteiger partial charge in [-0.1, -0.05) is 36.4 Å². The van der Waals surface area contributed by atoms with Crippen molar-refractivity contribution in [3.05, 3.63) is 71.3 Å². The van der Waals surface area contributed by atoms with Crippen molar-refractivity contribution < 1.29 is 13.5 Å². The molecule has 5 rings (SSSR count). The summed E-state index contributed by atoms with van der Waals surface area (Å²) in [5.41, 5.74) is 1.49. The van der Waals surface area contributed by atoms with Crippen LogP contribution in [0.1, 0.15) is 23.5 Å². The van der Waals surface area contributed by atoms with Crippen molar-refractivity contribution in [3.8, 4) is 0 Å². The molecular weight excluding hydrogens is 398 g/mol. The van der Waals surface area contributed by atoms with Crippen LogP contribution in [-0.2, 0) is 11.3 Å². The van der Waals surface area contributed by atoms with Crippen LogP contribution in [0.15, 0.2) is 53.5 Å². The van der Waals surface area contributed by atoms with E-state index in [0.29, 0.717) is 12.5 Å². The smallest absolute Gasteiger partial charge is 0.194 e. The molecule has 3 fully saturated rings. The molecule has 5 nitrogen and oxygen atoms in total. The summed E-state index contributed by atoms with van der Waals surface area (Å²) in [5, 5.41) is 3.43. The first-order valence-electron chi connectivity index (χ1n) is 11.0. The van der Waals surface area contributed by atoms with Gasteiger partial charge in [0.05, 0.1) is 18.8 Å². The van der Waals surface area contributed by atoms with Gasteiger partial charge >= 0.3 is 0 Å². The topological polar surface area (TPSA) is 40.1 Å². The number of nitrogens with zero attached hydrogens (tertiary/aromatic N) is 3. The number of guanidine groups is 1. The quantitative estimate of drug-likeness (QED) is 0.603. The van der Waals surface area contributed by atoms with E-state index in [-0.39, 0.29) is 23.6 Å². The van der Waals surface area contributed by atoms with E-state index < -0.39 is 11.6 Å². The monoisotopic (exact) mass is 426 g/mol. The molecule has 2 saturated heterocycles. The lowest BCUT2D eigenvalue weighted by Gasteiger charge is -2.36. The number of aliphatic imine (C=N–C) groups is 1. The Morgan fingerprint density at radius 3 is 2.61 bits per heavy atom. The van der Waals surface area contributed by atoms with Gasteiger partial charge in [-0.25, -0.2) is 8.78 Å². The van der Waals surface area contributed by atoms with Crippen molar-refractivity contribution in [3.63, 3.8) is 0 Å². The summed E-state index contributed by atoms with van der Waals surface area (Å²) in [6, 6.07) is 14.9. The van der Waals surface area contributed by atoms with Gasteiger partial charge in [-0.15, -0.1) is 0 Å². The fourth-order valence-electron chi connectivity index (χ4n) is 4.95. The van der Waals surface area contributed by atoms with Crippen LogP contribution in [0.2, 0.25) is 0 Å². The summed E-state index contributed by atoms with van der Waals surface area (Å²) in [4.78, 5) is 9.17. The lowest BCUT2D eigenvalue weighted by Crippen LogP contribution is -2.50. The van der Waals surface area contributed by atoms with Gasteiger partial charge in [0.15, 0.2) is 5.96 Å². The average Bonchev–Trinajstić information content (AvgIpc) is 3.37. The van der Waals surface area contributed by atoms with Gasteiger partial charge in [-0.2, -0.15) is 0 Å². The van der Waals surface area contributed by atoms with Gasteiger partial charge in [0.1, 0.15) is 11.6 Å². The van der Waals surface area contributed by atoms with E-state index in [2.05, 4.69) is 44.4 Å². The van der Waals surface area contributed by atoms with Crippen molar-refractivity contribution in [2.45, 2.75) is 37.1 Å². The molecule has 7 heteroatoms. The molecule has 0 amide bonds. The Balaban J connectivity index is 1.23. The van der Waals surface area contributed by atoms with Gasteiger partial charge in [0, 0.05) is 50.7 Å². The molecule has 2 aromatic rings. The maximum Gasteiger partial charge on any atom is 0.194 e. The van der Waals surface area contributed by atoms with Crippen LogP contribution < -0.4 is 5.32 Å². The number of fused-ring (bicyclic) bond motifs is 1. The normalized spacial score (nSPS) is 28.5. The molecule has 2 heterocycles. The lowest BCUT2D eigenvalue weighted by molar-refractivity contribution is -0.0502. The summed E-state index contributed by atoms with van der Waals surface area (Å²) >= 11 is 0. The largest absolute Gasteiger partial charge is 0.373 e. The van der Waals surface area contributed by atoms with Crippen molar-refractivity contribution in [2.24, 2.45) is 4.99 Å². The zero-order valence-corrected chi connectivity index (χ0v) is 17.7. The number of benzene rings is 2. The van der Waals surface area contributed by atoms with Crippen molar-refractivity contribution in [2.75, 3.05) is 33.3 Å². The summed E-state index contributed by atoms with van der Waals surface area (Å²) < 4.78 is 34.3. The van der Waals surface area contributed by atoms with E-state index in [0.717, 1.165) is 38.7 Å². The summed E-state index contributed by atoms with van der Waals surface area (Å²) in [5.74, 6) is -0.321. The van der Waals surface area contributed by atoms with Crippen LogP contribution in [0.3, 0.4) is 0 Å². The molecule has 2 aliphatic heterocycles. The number of morpholine rings is 1. The van der Waals surface area contributed by atoms with Gasteiger partial charge < -0.3 is 15.0 Å². The van der Waals surface area contributed by atoms with Crippen molar-refractivity contribution in [1.82, 2.24) is 15.1 Å². The van der Waals surface area contributed by atoms with E-state index >= 15 is 0 Å². The van der Waals surface area contributed by atoms with E-state index in [1.807, 2.05) is 6.07 Å². The molecule has 0 spiro atoms. The Kier molecular flexibility index (Phi) is 5.63. The number of rotatable bonds is 4. The predicted octanol–water partition coefficient (Wildman–Crippen LogP) is 2.98. The molecule has 0 bridgehead atoms. The molecule has 0 aromatic heterocycles. The molecular formula is C24H28F2N4O. The highest BCUT2D eigenvalue weighted by molar-refractivity contribution is 5.81. The second-order valence-electron chi connectivity index (χ2n) is 8.61. The second-order valence-corrected chi connectivity index (χ2v) is 8.61. The zero-order valence-electron chi connectivity index (χ0n) is 17.7. The molecule has 164 valence electrons. The third-order valence-electron chi connectivity index (χ3n) is 6.63. The highest BCUT2D eigenvalue weighted by atomic mass is 19.1. The maximum atomic E-state index is 14.1. The predicted molar refractivity (Wildman–Crippen MR) is 116 cm³/mol. The minimum atomic E-state index is -0.471. The SMILES string of the molecule is CN=C(NC1CC1c1c(F)cccc1F)N1CC2OCCN(Cc3ccccc3)C2C1. The molecule has 0 radical (unpaired) electrons. The molecule has 1 N–H and O–H groups in total. The van der Waals surface area contributed by atoms with Crippen LogP contribution in [0.25, 0.3) is 0 Å². The molecule has 3 aliphatic rings. The minimum Gasteiger partial charge on any atom is -0.373 e. The summed E-state index contributed by atoms with van der Waals surface area (Å²) in [6.45, 7) is 4.13. The molecule has 1 aliphatic carbocycles. The maximum absolute atomic E-state index is 14.1. The molecule has 1 saturated carbocycles. The van der Waals surface area contributed by atoms with Gasteiger partial charge in [-0.05, 0) is 24.1 Å². The Labute approximate surface area is 181 Å². The standard InChI is InChI=1S/C24H28F2N4O/c1-27-24(28-20-12-17(20)23-18(25)8-5-9-19(23)26)30-14-21-22(15-30)31-11-10-29(21)13-16-6-3-2-4-7-16/h2-9,17,20-22H,10-15H2,1H3,(H,27,28). The van der Waals surface area contributed by atoms with Crippen LogP contribution in [0.4, 0.5) is 8.78 Å². The van der Waals surface area contributed by atoms with Crippen molar-refractivity contribution >= 4 is 5.96 Å². The number of hydrogen-bond acceptors (Lipinski definition) is 3. The Morgan fingerprint density at radius 1 is 1.10 bits per heavy atom. The van der Waals surface area contributed by atoms with Crippen LogP contribution in [0, 0.1) is 11.6 Å². The first kappa shape index (κ1) is 20.4. The number of ether oxygens (including phenoxy) is 1. The van der Waals surface area contributed by atoms with Crippen LogP contribution in [0.5, 0.6) is 0 Å². The fraction of sp³-hybridized carbons (Fsp3) is 0.458. The molecule has 4 unspecified atom stereocenters.